The third-order valence-corrected chi connectivity index (χ3v) is 8.41. The van der Waals surface area contributed by atoms with Crippen LogP contribution in [0.15, 0.2) is 71.6 Å². The minimum atomic E-state index is -4.01. The smallest absolute Gasteiger partial charge is 0.263 e. The van der Waals surface area contributed by atoms with E-state index in [0.717, 1.165) is 29.7 Å². The van der Waals surface area contributed by atoms with Crippen molar-refractivity contribution in [2.45, 2.75) is 56.6 Å². The third-order valence-electron chi connectivity index (χ3n) is 6.54. The number of para-hydroxylation sites is 1. The summed E-state index contributed by atoms with van der Waals surface area (Å²) >= 11 is 6.25. The fraction of sp³-hybridized carbons (Fsp3) is 0.296. The van der Waals surface area contributed by atoms with E-state index in [-0.39, 0.29) is 33.0 Å². The molecule has 3 aromatic carbocycles. The first-order valence-corrected chi connectivity index (χ1v) is 13.5. The van der Waals surface area contributed by atoms with E-state index in [4.69, 9.17) is 16.3 Å². The Bertz CT molecular complexity index is 1350. The highest BCUT2D eigenvalue weighted by atomic mass is 35.5. The van der Waals surface area contributed by atoms with Gasteiger partial charge in [-0.1, -0.05) is 55.8 Å². The Morgan fingerprint density at radius 1 is 1.06 bits per heavy atom. The summed E-state index contributed by atoms with van der Waals surface area (Å²) in [6.45, 7) is 6.03. The molecule has 2 N–H and O–H groups in total. The Kier molecular flexibility index (Phi) is 7.10. The molecular formula is C27H29ClN2O4S. The average molecular weight is 513 g/mol. The van der Waals surface area contributed by atoms with Crippen LogP contribution in [0.3, 0.4) is 0 Å². The van der Waals surface area contributed by atoms with Crippen molar-refractivity contribution in [3.05, 3.63) is 88.4 Å². The summed E-state index contributed by atoms with van der Waals surface area (Å²) in [6.07, 6.45) is 2.23. The third kappa shape index (κ3) is 5.31. The summed E-state index contributed by atoms with van der Waals surface area (Å²) < 4.78 is 35.0. The van der Waals surface area contributed by atoms with Crippen LogP contribution in [-0.4, -0.2) is 19.9 Å². The van der Waals surface area contributed by atoms with Gasteiger partial charge in [0.25, 0.3) is 15.9 Å². The molecule has 0 saturated carbocycles. The molecule has 0 fully saturated rings. The van der Waals surface area contributed by atoms with Gasteiger partial charge in [-0.2, -0.15) is 0 Å². The van der Waals surface area contributed by atoms with Crippen LogP contribution in [0.1, 0.15) is 60.6 Å². The van der Waals surface area contributed by atoms with Crippen LogP contribution in [0.2, 0.25) is 5.02 Å². The zero-order valence-electron chi connectivity index (χ0n) is 20.0. The summed E-state index contributed by atoms with van der Waals surface area (Å²) in [5.41, 5.74) is 2.07. The molecule has 1 amide bonds. The number of benzene rings is 3. The normalized spacial score (nSPS) is 16.6. The van der Waals surface area contributed by atoms with Crippen molar-refractivity contribution in [1.82, 2.24) is 5.32 Å². The molecule has 0 aliphatic carbocycles. The average Bonchev–Trinajstić information content (AvgIpc) is 2.83. The molecule has 4 rings (SSSR count). The maximum atomic E-state index is 13.3. The summed E-state index contributed by atoms with van der Waals surface area (Å²) in [5, 5.41) is 3.13. The van der Waals surface area contributed by atoms with Crippen molar-refractivity contribution in [2.24, 2.45) is 0 Å². The number of anilines is 1. The minimum Gasteiger partial charge on any atom is -0.487 e. The molecule has 8 heteroatoms. The summed E-state index contributed by atoms with van der Waals surface area (Å²) in [4.78, 5) is 13.1. The second-order valence-electron chi connectivity index (χ2n) is 8.88. The van der Waals surface area contributed by atoms with E-state index in [2.05, 4.69) is 23.9 Å². The number of aryl methyl sites for hydroxylation is 1. The van der Waals surface area contributed by atoms with Crippen LogP contribution in [0.25, 0.3) is 0 Å². The van der Waals surface area contributed by atoms with Gasteiger partial charge in [0.05, 0.1) is 11.1 Å². The van der Waals surface area contributed by atoms with Gasteiger partial charge in [-0.25, -0.2) is 8.42 Å². The SMILES string of the molecule is CCC1(CC)CC(NC(=O)c2ccc(Cl)c(S(=O)(=O)Nc3cccc(C)c3)c2)c2ccccc2O1. The predicted octanol–water partition coefficient (Wildman–Crippen LogP) is 6.26. The van der Waals surface area contributed by atoms with Gasteiger partial charge in [0, 0.05) is 23.2 Å². The summed E-state index contributed by atoms with van der Waals surface area (Å²) in [7, 11) is -4.01. The second kappa shape index (κ2) is 9.91. The highest BCUT2D eigenvalue weighted by molar-refractivity contribution is 7.92. The van der Waals surface area contributed by atoms with Crippen LogP contribution in [0, 0.1) is 6.92 Å². The maximum Gasteiger partial charge on any atom is 0.263 e. The quantitative estimate of drug-likeness (QED) is 0.391. The molecule has 0 bridgehead atoms. The Morgan fingerprint density at radius 3 is 2.51 bits per heavy atom. The Hall–Kier alpha value is -3.03. The second-order valence-corrected chi connectivity index (χ2v) is 10.9. The number of carbonyl (C=O) groups excluding carboxylic acids is 1. The van der Waals surface area contributed by atoms with Gasteiger partial charge in [0.15, 0.2) is 0 Å². The van der Waals surface area contributed by atoms with Crippen molar-refractivity contribution in [3.8, 4) is 5.75 Å². The van der Waals surface area contributed by atoms with E-state index < -0.39 is 10.0 Å². The van der Waals surface area contributed by atoms with E-state index in [1.54, 1.807) is 18.2 Å². The molecule has 3 aromatic rings. The molecule has 35 heavy (non-hydrogen) atoms. The predicted molar refractivity (Wildman–Crippen MR) is 139 cm³/mol. The molecule has 1 aliphatic heterocycles. The Morgan fingerprint density at radius 2 is 1.80 bits per heavy atom. The fourth-order valence-corrected chi connectivity index (χ4v) is 6.02. The van der Waals surface area contributed by atoms with Crippen molar-refractivity contribution in [2.75, 3.05) is 4.72 Å². The van der Waals surface area contributed by atoms with Gasteiger partial charge >= 0.3 is 0 Å². The highest BCUT2D eigenvalue weighted by Gasteiger charge is 2.39. The van der Waals surface area contributed by atoms with Gasteiger partial charge in [0.2, 0.25) is 0 Å². The molecule has 0 saturated heterocycles. The summed E-state index contributed by atoms with van der Waals surface area (Å²) in [5.74, 6) is 0.381. The van der Waals surface area contributed by atoms with E-state index in [1.807, 2.05) is 37.3 Å². The lowest BCUT2D eigenvalue weighted by atomic mass is 9.83. The standard InChI is InChI=1S/C27H29ClN2O4S/c1-4-27(5-2)17-23(21-11-6-7-12-24(21)34-27)29-26(31)19-13-14-22(28)25(16-19)35(32,33)30-20-10-8-9-18(3)15-20/h6-16,23,30H,4-5,17H2,1-3H3,(H,29,31). The molecule has 1 heterocycles. The number of halogens is 1. The Balaban J connectivity index is 1.62. The molecule has 1 unspecified atom stereocenters. The number of hydrogen-bond acceptors (Lipinski definition) is 4. The van der Waals surface area contributed by atoms with Crippen LogP contribution in [-0.2, 0) is 10.0 Å². The largest absolute Gasteiger partial charge is 0.487 e. The van der Waals surface area contributed by atoms with Crippen LogP contribution < -0.4 is 14.8 Å². The molecule has 1 aliphatic rings. The first-order chi connectivity index (χ1) is 16.7. The minimum absolute atomic E-state index is 0.0362. The van der Waals surface area contributed by atoms with E-state index >= 15 is 0 Å². The fourth-order valence-electron chi connectivity index (χ4n) is 4.44. The maximum absolute atomic E-state index is 13.3. The molecule has 0 spiro atoms. The molecule has 0 radical (unpaired) electrons. The monoisotopic (exact) mass is 512 g/mol. The van der Waals surface area contributed by atoms with Gasteiger partial charge < -0.3 is 10.1 Å². The number of amides is 1. The van der Waals surface area contributed by atoms with E-state index in [0.29, 0.717) is 12.1 Å². The van der Waals surface area contributed by atoms with Crippen LogP contribution in [0.5, 0.6) is 5.75 Å². The van der Waals surface area contributed by atoms with Crippen molar-refractivity contribution >= 4 is 33.2 Å². The lowest BCUT2D eigenvalue weighted by Crippen LogP contribution is -2.44. The Labute approximate surface area is 211 Å². The summed E-state index contributed by atoms with van der Waals surface area (Å²) in [6, 6.07) is 18.7. The van der Waals surface area contributed by atoms with Crippen molar-refractivity contribution < 1.29 is 17.9 Å². The van der Waals surface area contributed by atoms with Gasteiger partial charge in [-0.3, -0.25) is 9.52 Å². The topological polar surface area (TPSA) is 84.5 Å². The molecule has 6 nitrogen and oxygen atoms in total. The van der Waals surface area contributed by atoms with E-state index in [1.165, 1.54) is 18.2 Å². The first-order valence-electron chi connectivity index (χ1n) is 11.6. The van der Waals surface area contributed by atoms with E-state index in [9.17, 15) is 13.2 Å². The van der Waals surface area contributed by atoms with Crippen molar-refractivity contribution in [1.29, 1.82) is 0 Å². The zero-order chi connectivity index (χ0) is 25.2. The number of hydrogen-bond donors (Lipinski definition) is 2. The first kappa shape index (κ1) is 25.1. The lowest BCUT2D eigenvalue weighted by molar-refractivity contribution is 0.0227. The number of nitrogens with one attached hydrogen (secondary N) is 2. The zero-order valence-corrected chi connectivity index (χ0v) is 21.5. The lowest BCUT2D eigenvalue weighted by Gasteiger charge is -2.41. The number of carbonyl (C=O) groups is 1. The number of sulfonamides is 1. The number of ether oxygens (including phenoxy) is 1. The molecule has 0 aromatic heterocycles. The molecule has 1 atom stereocenters. The number of rotatable bonds is 7. The van der Waals surface area contributed by atoms with Gasteiger partial charge in [0.1, 0.15) is 16.2 Å². The highest BCUT2D eigenvalue weighted by Crippen LogP contribution is 2.42. The van der Waals surface area contributed by atoms with Gasteiger partial charge in [-0.05, 0) is 61.7 Å². The van der Waals surface area contributed by atoms with Crippen molar-refractivity contribution in [3.63, 3.8) is 0 Å². The number of fused-ring (bicyclic) bond motifs is 1. The molecule has 184 valence electrons. The molecular weight excluding hydrogens is 484 g/mol. The van der Waals surface area contributed by atoms with Crippen LogP contribution in [0.4, 0.5) is 5.69 Å². The van der Waals surface area contributed by atoms with Gasteiger partial charge in [-0.15, -0.1) is 0 Å². The van der Waals surface area contributed by atoms with Crippen LogP contribution >= 0.6 is 11.6 Å².